The lowest BCUT2D eigenvalue weighted by atomic mass is 9.75. The van der Waals surface area contributed by atoms with Crippen LogP contribution in [0, 0.1) is 17.2 Å². The highest BCUT2D eigenvalue weighted by atomic mass is 32.3. The Labute approximate surface area is 218 Å². The summed E-state index contributed by atoms with van der Waals surface area (Å²) in [4.78, 5) is 18.8. The summed E-state index contributed by atoms with van der Waals surface area (Å²) in [6.07, 6.45) is -5.25. The van der Waals surface area contributed by atoms with Crippen LogP contribution in [0.2, 0.25) is 0 Å². The molecule has 0 radical (unpaired) electrons. The maximum absolute atomic E-state index is 14.4. The van der Waals surface area contributed by atoms with Gasteiger partial charge in [0.1, 0.15) is 23.2 Å². The van der Waals surface area contributed by atoms with Gasteiger partial charge in [-0.1, -0.05) is 12.1 Å². The van der Waals surface area contributed by atoms with Crippen molar-refractivity contribution >= 4 is 22.2 Å². The van der Waals surface area contributed by atoms with Crippen molar-refractivity contribution in [3.8, 4) is 17.3 Å². The number of aromatic nitrogens is 1. The van der Waals surface area contributed by atoms with Gasteiger partial charge in [-0.2, -0.15) is 29.0 Å². The molecule has 0 bridgehead atoms. The minimum absolute atomic E-state index is 0.0572. The zero-order valence-electron chi connectivity index (χ0n) is 20.4. The third-order valence-corrected chi connectivity index (χ3v) is 9.24. The summed E-state index contributed by atoms with van der Waals surface area (Å²) >= 11 is 0. The third-order valence-electron chi connectivity index (χ3n) is 7.56. The largest absolute Gasteiger partial charge is 0.468 e. The van der Waals surface area contributed by atoms with E-state index in [1.807, 2.05) is 11.0 Å². The molecular formula is C25H28F4N4O4S. The van der Waals surface area contributed by atoms with E-state index >= 15 is 0 Å². The molecule has 5 rings (SSSR count). The van der Waals surface area contributed by atoms with Crippen molar-refractivity contribution in [3.63, 3.8) is 0 Å². The summed E-state index contributed by atoms with van der Waals surface area (Å²) in [6.45, 7) is 0.866. The summed E-state index contributed by atoms with van der Waals surface area (Å²) in [6, 6.07) is 8.68. The monoisotopic (exact) mass is 556 g/mol. The minimum atomic E-state index is -4.86. The van der Waals surface area contributed by atoms with Crippen LogP contribution < -0.4 is 10.2 Å². The first-order chi connectivity index (χ1) is 17.9. The van der Waals surface area contributed by atoms with Crippen LogP contribution in [0.3, 0.4) is 0 Å². The lowest BCUT2D eigenvalue weighted by Crippen LogP contribution is -2.44. The van der Waals surface area contributed by atoms with Gasteiger partial charge in [0.15, 0.2) is 0 Å². The van der Waals surface area contributed by atoms with E-state index in [9.17, 15) is 36.7 Å². The summed E-state index contributed by atoms with van der Waals surface area (Å²) in [7, 11) is -2.58. The number of rotatable bonds is 5. The molecule has 1 aromatic carbocycles. The number of hydrogen-bond donors (Lipinski definition) is 3. The highest BCUT2D eigenvalue weighted by molar-refractivity contribution is 8.24. The van der Waals surface area contributed by atoms with Crippen molar-refractivity contribution < 1.29 is 35.9 Å². The second-order valence-corrected chi connectivity index (χ2v) is 12.7. The summed E-state index contributed by atoms with van der Waals surface area (Å²) < 4.78 is 80.3. The number of anilines is 1. The van der Waals surface area contributed by atoms with E-state index in [4.69, 9.17) is 4.42 Å². The Kier molecular flexibility index (Phi) is 6.86. The Balaban J connectivity index is 1.46. The number of nitriles is 1. The van der Waals surface area contributed by atoms with E-state index in [-0.39, 0.29) is 42.2 Å². The van der Waals surface area contributed by atoms with Gasteiger partial charge in [-0.25, -0.2) is 9.37 Å². The normalized spacial score (nSPS) is 27.3. The molecule has 38 heavy (non-hydrogen) atoms. The molecule has 2 saturated carbocycles. The molecule has 3 fully saturated rings. The van der Waals surface area contributed by atoms with Gasteiger partial charge < -0.3 is 14.6 Å². The van der Waals surface area contributed by atoms with E-state index in [1.165, 1.54) is 0 Å². The average Bonchev–Trinajstić information content (AvgIpc) is 3.49. The van der Waals surface area contributed by atoms with Crippen molar-refractivity contribution in [1.29, 1.82) is 5.26 Å². The predicted molar refractivity (Wildman–Crippen MR) is 132 cm³/mol. The standard InChI is InChI=1S/C25H28F4N4O4S/c26-16-3-6-18(19(13-16)22(34)32-24(14-30)7-8-24)21-20(31-23(37-21)25(27,28)29)15-1-4-17(5-2-15)33-9-11-38(35,36)12-10-33/h1-2,4-5,16,18-19,35-36H,3,6-13H2,(H,32,34)/t16-,18+,19+/m0/s1. The van der Waals surface area contributed by atoms with Crippen LogP contribution in [-0.2, 0) is 11.0 Å². The van der Waals surface area contributed by atoms with E-state index in [0.717, 1.165) is 5.69 Å². The van der Waals surface area contributed by atoms with Gasteiger partial charge in [-0.3, -0.25) is 13.9 Å². The predicted octanol–water partition coefficient (Wildman–Crippen LogP) is 5.33. The van der Waals surface area contributed by atoms with Crippen molar-refractivity contribution in [3.05, 3.63) is 35.9 Å². The van der Waals surface area contributed by atoms with Crippen LogP contribution in [0.15, 0.2) is 28.7 Å². The number of hydrogen-bond acceptors (Lipinski definition) is 7. The van der Waals surface area contributed by atoms with Crippen LogP contribution in [-0.4, -0.2) is 56.3 Å². The van der Waals surface area contributed by atoms with Crippen LogP contribution in [0.4, 0.5) is 23.2 Å². The molecule has 206 valence electrons. The highest BCUT2D eigenvalue weighted by Crippen LogP contribution is 2.46. The zero-order chi connectivity index (χ0) is 27.3. The third kappa shape index (κ3) is 5.48. The molecule has 13 heteroatoms. The molecule has 0 spiro atoms. The molecule has 1 aromatic heterocycles. The summed E-state index contributed by atoms with van der Waals surface area (Å²) in [5, 5.41) is 12.0. The van der Waals surface area contributed by atoms with Gasteiger partial charge in [0.05, 0.1) is 23.5 Å². The van der Waals surface area contributed by atoms with E-state index in [1.54, 1.807) is 24.3 Å². The molecule has 1 saturated heterocycles. The number of halogens is 4. The molecule has 2 aliphatic carbocycles. The first-order valence-corrected chi connectivity index (χ1v) is 14.3. The van der Waals surface area contributed by atoms with E-state index < -0.39 is 52.1 Å². The number of nitrogens with zero attached hydrogens (tertiary/aromatic N) is 3. The van der Waals surface area contributed by atoms with Crippen molar-refractivity contribution in [2.75, 3.05) is 29.5 Å². The Bertz CT molecular complexity index is 1230. The Hall–Kier alpha value is -2.82. The Morgan fingerprint density at radius 1 is 1.18 bits per heavy atom. The molecule has 0 unspecified atom stereocenters. The number of carbonyl (C=O) groups excluding carboxylic acids is 1. The fourth-order valence-corrected chi connectivity index (χ4v) is 6.40. The van der Waals surface area contributed by atoms with Crippen LogP contribution in [0.1, 0.15) is 49.7 Å². The number of benzene rings is 1. The fraction of sp³-hybridized carbons (Fsp3) is 0.560. The van der Waals surface area contributed by atoms with Gasteiger partial charge >= 0.3 is 12.1 Å². The van der Waals surface area contributed by atoms with Gasteiger partial charge in [0.2, 0.25) is 5.91 Å². The molecule has 1 amide bonds. The maximum atomic E-state index is 14.4. The summed E-state index contributed by atoms with van der Waals surface area (Å²) in [5.41, 5.74) is 0.0647. The zero-order valence-corrected chi connectivity index (χ0v) is 21.2. The van der Waals surface area contributed by atoms with Gasteiger partial charge in [-0.15, -0.1) is 0 Å². The van der Waals surface area contributed by atoms with E-state index in [0.29, 0.717) is 31.5 Å². The second-order valence-electron chi connectivity index (χ2n) is 10.3. The molecular weight excluding hydrogens is 528 g/mol. The second kappa shape index (κ2) is 9.73. The lowest BCUT2D eigenvalue weighted by molar-refractivity contribution is -0.157. The molecule has 3 aliphatic rings. The molecule has 3 N–H and O–H groups in total. The van der Waals surface area contributed by atoms with Crippen molar-refractivity contribution in [2.45, 2.75) is 55.9 Å². The Morgan fingerprint density at radius 2 is 1.84 bits per heavy atom. The average molecular weight is 557 g/mol. The minimum Gasteiger partial charge on any atom is -0.437 e. The molecule has 3 atom stereocenters. The quantitative estimate of drug-likeness (QED) is 0.426. The number of amides is 1. The van der Waals surface area contributed by atoms with Crippen LogP contribution >= 0.6 is 10.6 Å². The van der Waals surface area contributed by atoms with Crippen LogP contribution in [0.5, 0.6) is 0 Å². The number of carbonyl (C=O) groups is 1. The van der Waals surface area contributed by atoms with Gasteiger partial charge in [-0.05, 0) is 44.2 Å². The fourth-order valence-electron chi connectivity index (χ4n) is 5.17. The topological polar surface area (TPSA) is 123 Å². The first kappa shape index (κ1) is 26.8. The Morgan fingerprint density at radius 3 is 2.42 bits per heavy atom. The first-order valence-electron chi connectivity index (χ1n) is 12.4. The lowest BCUT2D eigenvalue weighted by Gasteiger charge is -2.41. The van der Waals surface area contributed by atoms with Crippen molar-refractivity contribution in [2.24, 2.45) is 5.92 Å². The smallest absolute Gasteiger partial charge is 0.437 e. The highest BCUT2D eigenvalue weighted by Gasteiger charge is 2.49. The van der Waals surface area contributed by atoms with E-state index in [2.05, 4.69) is 10.3 Å². The summed E-state index contributed by atoms with van der Waals surface area (Å²) in [5.74, 6) is -3.50. The van der Waals surface area contributed by atoms with Gasteiger partial charge in [0, 0.05) is 30.3 Å². The van der Waals surface area contributed by atoms with Crippen molar-refractivity contribution in [1.82, 2.24) is 10.3 Å². The maximum Gasteiger partial charge on any atom is 0.468 e. The number of nitrogens with one attached hydrogen (secondary N) is 1. The SMILES string of the molecule is N#CC1(NC(=O)[C@@H]2C[C@@H](F)CC[C@H]2c2oc(C(F)(F)F)nc2-c2ccc(N3CCS(O)(O)CC3)cc2)CC1. The molecule has 1 aliphatic heterocycles. The van der Waals surface area contributed by atoms with Gasteiger partial charge in [0.25, 0.3) is 0 Å². The number of alkyl halides is 4. The number of oxazole rings is 1. The van der Waals surface area contributed by atoms with Crippen LogP contribution in [0.25, 0.3) is 11.3 Å². The molecule has 2 aromatic rings. The molecule has 2 heterocycles. The molecule has 8 nitrogen and oxygen atoms in total.